The lowest BCUT2D eigenvalue weighted by atomic mass is 10.1. The van der Waals surface area contributed by atoms with Crippen molar-refractivity contribution in [3.63, 3.8) is 0 Å². The van der Waals surface area contributed by atoms with Gasteiger partial charge in [-0.15, -0.1) is 0 Å². The summed E-state index contributed by atoms with van der Waals surface area (Å²) in [6.07, 6.45) is 0. The van der Waals surface area contributed by atoms with E-state index >= 15 is 0 Å². The van der Waals surface area contributed by atoms with Crippen molar-refractivity contribution >= 4 is 0 Å². The van der Waals surface area contributed by atoms with Gasteiger partial charge in [0.2, 0.25) is 5.75 Å². The third kappa shape index (κ3) is 1.75. The van der Waals surface area contributed by atoms with E-state index in [0.29, 0.717) is 23.8 Å². The summed E-state index contributed by atoms with van der Waals surface area (Å²) >= 11 is 0. The highest BCUT2D eigenvalue weighted by Crippen LogP contribution is 2.39. The summed E-state index contributed by atoms with van der Waals surface area (Å²) in [5.74, 6) is 1.86. The highest BCUT2D eigenvalue weighted by Gasteiger charge is 2.14. The molecule has 0 atom stereocenters. The standard InChI is InChI=1S/C10H15NO3/c1-12-8-5-4-7(6-11)9(13-2)10(8)14-3/h4-5H,6,11H2,1-3H3. The fourth-order valence-electron chi connectivity index (χ4n) is 1.32. The minimum absolute atomic E-state index is 0.406. The monoisotopic (exact) mass is 197 g/mol. The molecule has 0 aliphatic carbocycles. The summed E-state index contributed by atoms with van der Waals surface area (Å²) in [4.78, 5) is 0. The molecule has 0 spiro atoms. The maximum absolute atomic E-state index is 5.56. The molecule has 1 aromatic carbocycles. The minimum Gasteiger partial charge on any atom is -0.493 e. The maximum Gasteiger partial charge on any atom is 0.203 e. The van der Waals surface area contributed by atoms with E-state index in [4.69, 9.17) is 19.9 Å². The van der Waals surface area contributed by atoms with E-state index in [0.717, 1.165) is 5.56 Å². The molecule has 1 aromatic rings. The number of nitrogens with two attached hydrogens (primary N) is 1. The van der Waals surface area contributed by atoms with Gasteiger partial charge in [0, 0.05) is 12.1 Å². The molecule has 14 heavy (non-hydrogen) atoms. The van der Waals surface area contributed by atoms with Crippen LogP contribution in [-0.2, 0) is 6.54 Å². The first kappa shape index (κ1) is 10.7. The Morgan fingerprint density at radius 1 is 1.00 bits per heavy atom. The second-order valence-corrected chi connectivity index (χ2v) is 2.70. The predicted octanol–water partition coefficient (Wildman–Crippen LogP) is 1.17. The van der Waals surface area contributed by atoms with Crippen LogP contribution in [0.15, 0.2) is 12.1 Å². The molecule has 0 amide bonds. The highest BCUT2D eigenvalue weighted by molar-refractivity contribution is 5.55. The SMILES string of the molecule is COc1ccc(CN)c(OC)c1OC. The number of hydrogen-bond donors (Lipinski definition) is 1. The van der Waals surface area contributed by atoms with Gasteiger partial charge >= 0.3 is 0 Å². The van der Waals surface area contributed by atoms with Gasteiger partial charge in [0.05, 0.1) is 21.3 Å². The lowest BCUT2D eigenvalue weighted by Crippen LogP contribution is -2.02. The molecular formula is C10H15NO3. The average molecular weight is 197 g/mol. The van der Waals surface area contributed by atoms with E-state index in [1.165, 1.54) is 0 Å². The maximum atomic E-state index is 5.56. The van der Waals surface area contributed by atoms with Crippen LogP contribution < -0.4 is 19.9 Å². The molecule has 4 nitrogen and oxygen atoms in total. The zero-order valence-corrected chi connectivity index (χ0v) is 8.66. The molecule has 1 rings (SSSR count). The zero-order valence-electron chi connectivity index (χ0n) is 8.66. The van der Waals surface area contributed by atoms with Gasteiger partial charge in [0.1, 0.15) is 0 Å². The number of rotatable bonds is 4. The molecule has 0 heterocycles. The number of hydrogen-bond acceptors (Lipinski definition) is 4. The molecule has 0 radical (unpaired) electrons. The van der Waals surface area contributed by atoms with Crippen molar-refractivity contribution in [2.45, 2.75) is 6.54 Å². The van der Waals surface area contributed by atoms with Crippen molar-refractivity contribution < 1.29 is 14.2 Å². The van der Waals surface area contributed by atoms with E-state index in [9.17, 15) is 0 Å². The van der Waals surface area contributed by atoms with Gasteiger partial charge in [-0.05, 0) is 6.07 Å². The summed E-state index contributed by atoms with van der Waals surface area (Å²) in [7, 11) is 4.73. The van der Waals surface area contributed by atoms with E-state index in [-0.39, 0.29) is 0 Å². The van der Waals surface area contributed by atoms with Crippen LogP contribution in [0.4, 0.5) is 0 Å². The van der Waals surface area contributed by atoms with Crippen LogP contribution in [0, 0.1) is 0 Å². The summed E-state index contributed by atoms with van der Waals surface area (Å²) in [5.41, 5.74) is 6.46. The Hall–Kier alpha value is -1.42. The Labute approximate surface area is 83.6 Å². The van der Waals surface area contributed by atoms with Crippen LogP contribution in [0.3, 0.4) is 0 Å². The minimum atomic E-state index is 0.406. The van der Waals surface area contributed by atoms with E-state index in [1.54, 1.807) is 21.3 Å². The molecule has 0 unspecified atom stereocenters. The van der Waals surface area contributed by atoms with Gasteiger partial charge < -0.3 is 19.9 Å². The third-order valence-corrected chi connectivity index (χ3v) is 2.01. The summed E-state index contributed by atoms with van der Waals surface area (Å²) in [6, 6.07) is 3.67. The highest BCUT2D eigenvalue weighted by atomic mass is 16.5. The Morgan fingerprint density at radius 2 is 1.64 bits per heavy atom. The smallest absolute Gasteiger partial charge is 0.203 e. The van der Waals surface area contributed by atoms with Gasteiger partial charge in [0.25, 0.3) is 0 Å². The molecule has 0 aliphatic rings. The molecule has 0 saturated heterocycles. The summed E-state index contributed by atoms with van der Waals surface area (Å²) in [6.45, 7) is 0.406. The average Bonchev–Trinajstić information content (AvgIpc) is 2.26. The summed E-state index contributed by atoms with van der Waals surface area (Å²) in [5, 5.41) is 0. The van der Waals surface area contributed by atoms with Gasteiger partial charge in [-0.3, -0.25) is 0 Å². The first-order valence-electron chi connectivity index (χ1n) is 4.26. The van der Waals surface area contributed by atoms with Crippen LogP contribution in [0.1, 0.15) is 5.56 Å². The number of ether oxygens (including phenoxy) is 3. The van der Waals surface area contributed by atoms with Crippen LogP contribution in [0.5, 0.6) is 17.2 Å². The molecule has 2 N–H and O–H groups in total. The first-order valence-corrected chi connectivity index (χ1v) is 4.26. The van der Waals surface area contributed by atoms with Gasteiger partial charge in [-0.1, -0.05) is 6.07 Å². The lowest BCUT2D eigenvalue weighted by molar-refractivity contribution is 0.322. The predicted molar refractivity (Wildman–Crippen MR) is 54.0 cm³/mol. The quantitative estimate of drug-likeness (QED) is 0.787. The molecule has 0 bridgehead atoms. The molecule has 78 valence electrons. The number of methoxy groups -OCH3 is 3. The zero-order chi connectivity index (χ0) is 10.6. The van der Waals surface area contributed by atoms with Crippen molar-refractivity contribution in [1.29, 1.82) is 0 Å². The fourth-order valence-corrected chi connectivity index (χ4v) is 1.32. The van der Waals surface area contributed by atoms with Crippen LogP contribution in [-0.4, -0.2) is 21.3 Å². The third-order valence-electron chi connectivity index (χ3n) is 2.01. The second-order valence-electron chi connectivity index (χ2n) is 2.70. The Bertz CT molecular complexity index is 281. The van der Waals surface area contributed by atoms with Crippen LogP contribution in [0.2, 0.25) is 0 Å². The first-order chi connectivity index (χ1) is 6.78. The van der Waals surface area contributed by atoms with Crippen LogP contribution in [0.25, 0.3) is 0 Å². The van der Waals surface area contributed by atoms with Crippen LogP contribution >= 0.6 is 0 Å². The number of benzene rings is 1. The molecular weight excluding hydrogens is 182 g/mol. The van der Waals surface area contributed by atoms with Gasteiger partial charge in [-0.25, -0.2) is 0 Å². The van der Waals surface area contributed by atoms with Crippen molar-refractivity contribution in [3.8, 4) is 17.2 Å². The van der Waals surface area contributed by atoms with E-state index in [2.05, 4.69) is 0 Å². The van der Waals surface area contributed by atoms with E-state index < -0.39 is 0 Å². The van der Waals surface area contributed by atoms with Crippen molar-refractivity contribution in [2.24, 2.45) is 5.73 Å². The van der Waals surface area contributed by atoms with Crippen molar-refractivity contribution in [3.05, 3.63) is 17.7 Å². The van der Waals surface area contributed by atoms with Gasteiger partial charge in [0.15, 0.2) is 11.5 Å². The second kappa shape index (κ2) is 4.72. The summed E-state index contributed by atoms with van der Waals surface area (Å²) < 4.78 is 15.5. The largest absolute Gasteiger partial charge is 0.493 e. The molecule has 0 saturated carbocycles. The lowest BCUT2D eigenvalue weighted by Gasteiger charge is -2.14. The van der Waals surface area contributed by atoms with Crippen molar-refractivity contribution in [1.82, 2.24) is 0 Å². The van der Waals surface area contributed by atoms with Crippen molar-refractivity contribution in [2.75, 3.05) is 21.3 Å². The topological polar surface area (TPSA) is 53.7 Å². The molecule has 4 heteroatoms. The van der Waals surface area contributed by atoms with E-state index in [1.807, 2.05) is 12.1 Å². The Balaban J connectivity index is 3.28. The molecule has 0 fully saturated rings. The van der Waals surface area contributed by atoms with Gasteiger partial charge in [-0.2, -0.15) is 0 Å². The Kier molecular flexibility index (Phi) is 3.59. The fraction of sp³-hybridized carbons (Fsp3) is 0.400. The molecule has 0 aliphatic heterocycles. The molecule has 0 aromatic heterocycles. The normalized spacial score (nSPS) is 9.71. The Morgan fingerprint density at radius 3 is 2.07 bits per heavy atom.